The predicted molar refractivity (Wildman–Crippen MR) is 76.2 cm³/mol. The van der Waals surface area contributed by atoms with Gasteiger partial charge in [0.1, 0.15) is 0 Å². The molecule has 100 valence electrons. The van der Waals surface area contributed by atoms with Crippen LogP contribution in [0.5, 0.6) is 0 Å². The van der Waals surface area contributed by atoms with E-state index in [1.165, 1.54) is 0 Å². The Balaban J connectivity index is 2.26. The summed E-state index contributed by atoms with van der Waals surface area (Å²) in [6.45, 7) is 5.40. The predicted octanol–water partition coefficient (Wildman–Crippen LogP) is 2.80. The molecule has 1 atom stereocenters. The normalized spacial score (nSPS) is 20.8. The Kier molecular flexibility index (Phi) is 4.87. The zero-order valence-corrected chi connectivity index (χ0v) is 11.6. The van der Waals surface area contributed by atoms with E-state index in [-0.39, 0.29) is 0 Å². The molecule has 1 aromatic rings. The molecule has 0 spiro atoms. The van der Waals surface area contributed by atoms with Crippen LogP contribution in [0.1, 0.15) is 25.3 Å². The quantitative estimate of drug-likeness (QED) is 0.916. The van der Waals surface area contributed by atoms with Gasteiger partial charge in [0.15, 0.2) is 0 Å². The second-order valence-corrected chi connectivity index (χ2v) is 5.05. The first-order valence-corrected chi connectivity index (χ1v) is 6.98. The van der Waals surface area contributed by atoms with Crippen LogP contribution < -0.4 is 10.6 Å². The number of halogens is 1. The van der Waals surface area contributed by atoms with Gasteiger partial charge in [0, 0.05) is 42.5 Å². The summed E-state index contributed by atoms with van der Waals surface area (Å²) in [4.78, 5) is 2.36. The van der Waals surface area contributed by atoms with Crippen molar-refractivity contribution in [3.63, 3.8) is 0 Å². The summed E-state index contributed by atoms with van der Waals surface area (Å²) in [6.07, 6.45) is 2.39. The highest BCUT2D eigenvalue weighted by Crippen LogP contribution is 2.28. The Morgan fingerprint density at radius 3 is 3.06 bits per heavy atom. The summed E-state index contributed by atoms with van der Waals surface area (Å²) in [6, 6.07) is 5.99. The van der Waals surface area contributed by atoms with Crippen LogP contribution >= 0.6 is 11.6 Å². The molecule has 0 amide bonds. The molecular weight excluding hydrogens is 248 g/mol. The molecule has 1 aromatic carbocycles. The van der Waals surface area contributed by atoms with E-state index in [2.05, 4.69) is 17.9 Å². The Hall–Kier alpha value is -0.770. The van der Waals surface area contributed by atoms with Gasteiger partial charge in [0.25, 0.3) is 0 Å². The van der Waals surface area contributed by atoms with Crippen LogP contribution in [-0.4, -0.2) is 25.8 Å². The van der Waals surface area contributed by atoms with Crippen molar-refractivity contribution in [3.05, 3.63) is 28.8 Å². The molecular formula is C14H21ClN2O. The van der Waals surface area contributed by atoms with E-state index in [9.17, 15) is 0 Å². The summed E-state index contributed by atoms with van der Waals surface area (Å²) in [5.41, 5.74) is 8.02. The fourth-order valence-electron chi connectivity index (χ4n) is 2.41. The van der Waals surface area contributed by atoms with E-state index in [4.69, 9.17) is 22.1 Å². The first-order valence-electron chi connectivity index (χ1n) is 6.60. The highest BCUT2D eigenvalue weighted by molar-refractivity contribution is 6.31. The molecule has 0 radical (unpaired) electrons. The smallest absolute Gasteiger partial charge is 0.0747 e. The number of nitrogens with zero attached hydrogens (tertiary/aromatic N) is 1. The molecule has 1 heterocycles. The van der Waals surface area contributed by atoms with Crippen LogP contribution in [0.4, 0.5) is 5.69 Å². The lowest BCUT2D eigenvalue weighted by atomic mass is 10.1. The number of rotatable bonds is 3. The van der Waals surface area contributed by atoms with Gasteiger partial charge < -0.3 is 15.4 Å². The first kappa shape index (κ1) is 13.7. The Bertz CT molecular complexity index is 397. The number of anilines is 1. The molecule has 1 aliphatic rings. The molecule has 1 fully saturated rings. The van der Waals surface area contributed by atoms with E-state index in [0.29, 0.717) is 12.6 Å². The van der Waals surface area contributed by atoms with Crippen molar-refractivity contribution in [1.29, 1.82) is 0 Å². The minimum atomic E-state index is 0.303. The van der Waals surface area contributed by atoms with Crippen molar-refractivity contribution in [2.75, 3.05) is 24.6 Å². The van der Waals surface area contributed by atoms with Crippen LogP contribution in [0.3, 0.4) is 0 Å². The van der Waals surface area contributed by atoms with Gasteiger partial charge in [-0.3, -0.25) is 0 Å². The number of benzene rings is 1. The van der Waals surface area contributed by atoms with Gasteiger partial charge in [0.05, 0.1) is 6.10 Å². The molecule has 18 heavy (non-hydrogen) atoms. The van der Waals surface area contributed by atoms with Gasteiger partial charge in [-0.05, 0) is 25.0 Å². The lowest BCUT2D eigenvalue weighted by Crippen LogP contribution is -2.32. The van der Waals surface area contributed by atoms with E-state index in [0.717, 1.165) is 48.8 Å². The third-order valence-corrected chi connectivity index (χ3v) is 3.80. The molecule has 3 nitrogen and oxygen atoms in total. The number of nitrogens with two attached hydrogens (primary N) is 1. The van der Waals surface area contributed by atoms with E-state index in [1.807, 2.05) is 12.1 Å². The number of ether oxygens (including phenoxy) is 1. The van der Waals surface area contributed by atoms with Crippen molar-refractivity contribution in [2.45, 2.75) is 32.4 Å². The largest absolute Gasteiger partial charge is 0.376 e. The zero-order valence-electron chi connectivity index (χ0n) is 10.9. The third kappa shape index (κ3) is 2.97. The molecule has 4 heteroatoms. The molecule has 2 N–H and O–H groups in total. The van der Waals surface area contributed by atoms with Crippen molar-refractivity contribution in [1.82, 2.24) is 0 Å². The van der Waals surface area contributed by atoms with Crippen LogP contribution in [0.15, 0.2) is 18.2 Å². The van der Waals surface area contributed by atoms with Crippen molar-refractivity contribution in [3.8, 4) is 0 Å². The molecule has 0 aromatic heterocycles. The number of hydrogen-bond donors (Lipinski definition) is 1. The molecule has 1 saturated heterocycles. The third-order valence-electron chi connectivity index (χ3n) is 3.44. The van der Waals surface area contributed by atoms with Gasteiger partial charge in [-0.2, -0.15) is 0 Å². The maximum absolute atomic E-state index is 6.22. The van der Waals surface area contributed by atoms with Crippen LogP contribution in [0.2, 0.25) is 5.02 Å². The number of hydrogen-bond acceptors (Lipinski definition) is 3. The molecule has 0 aliphatic carbocycles. The molecule has 0 bridgehead atoms. The topological polar surface area (TPSA) is 38.5 Å². The Morgan fingerprint density at radius 2 is 2.33 bits per heavy atom. The summed E-state index contributed by atoms with van der Waals surface area (Å²) >= 11 is 6.22. The lowest BCUT2D eigenvalue weighted by Gasteiger charge is -2.27. The maximum Gasteiger partial charge on any atom is 0.0747 e. The minimum Gasteiger partial charge on any atom is -0.376 e. The summed E-state index contributed by atoms with van der Waals surface area (Å²) in [5, 5.41) is 0.758. The highest BCUT2D eigenvalue weighted by atomic mass is 35.5. The van der Waals surface area contributed by atoms with Gasteiger partial charge in [-0.25, -0.2) is 0 Å². The summed E-state index contributed by atoms with van der Waals surface area (Å²) < 4.78 is 5.80. The zero-order chi connectivity index (χ0) is 13.0. The van der Waals surface area contributed by atoms with Crippen molar-refractivity contribution < 1.29 is 4.74 Å². The lowest BCUT2D eigenvalue weighted by molar-refractivity contribution is 0.0664. The van der Waals surface area contributed by atoms with Crippen LogP contribution in [0, 0.1) is 0 Å². The van der Waals surface area contributed by atoms with Gasteiger partial charge in [-0.1, -0.05) is 24.6 Å². The average Bonchev–Trinajstić information content (AvgIpc) is 2.63. The standard InChI is InChI=1S/C14H21ClN2O/c1-2-11-10-17(7-4-8-18-11)14-6-3-5-13(15)12(14)9-16/h3,5-6,11H,2,4,7-10,16H2,1H3. The van der Waals surface area contributed by atoms with Crippen molar-refractivity contribution >= 4 is 17.3 Å². The molecule has 2 rings (SSSR count). The highest BCUT2D eigenvalue weighted by Gasteiger charge is 2.20. The van der Waals surface area contributed by atoms with Crippen LogP contribution in [-0.2, 0) is 11.3 Å². The molecule has 0 saturated carbocycles. The molecule has 1 unspecified atom stereocenters. The van der Waals surface area contributed by atoms with E-state index in [1.54, 1.807) is 0 Å². The van der Waals surface area contributed by atoms with Crippen LogP contribution in [0.25, 0.3) is 0 Å². The second kappa shape index (κ2) is 6.41. The average molecular weight is 269 g/mol. The van der Waals surface area contributed by atoms with E-state index >= 15 is 0 Å². The Morgan fingerprint density at radius 1 is 1.50 bits per heavy atom. The van der Waals surface area contributed by atoms with Gasteiger partial charge >= 0.3 is 0 Å². The minimum absolute atomic E-state index is 0.303. The van der Waals surface area contributed by atoms with Gasteiger partial charge in [-0.15, -0.1) is 0 Å². The Labute approximate surface area is 114 Å². The summed E-state index contributed by atoms with van der Waals surface area (Å²) in [7, 11) is 0. The van der Waals surface area contributed by atoms with Gasteiger partial charge in [0.2, 0.25) is 0 Å². The maximum atomic E-state index is 6.22. The second-order valence-electron chi connectivity index (χ2n) is 4.64. The SMILES string of the molecule is CCC1CN(c2cccc(Cl)c2CN)CCCO1. The molecule has 1 aliphatic heterocycles. The fourth-order valence-corrected chi connectivity index (χ4v) is 2.65. The summed E-state index contributed by atoms with van der Waals surface area (Å²) in [5.74, 6) is 0. The van der Waals surface area contributed by atoms with E-state index < -0.39 is 0 Å². The van der Waals surface area contributed by atoms with Crippen molar-refractivity contribution in [2.24, 2.45) is 5.73 Å². The first-order chi connectivity index (χ1) is 8.76. The fraction of sp³-hybridized carbons (Fsp3) is 0.571. The monoisotopic (exact) mass is 268 g/mol.